The van der Waals surface area contributed by atoms with Crippen LogP contribution in [0.3, 0.4) is 0 Å². The van der Waals surface area contributed by atoms with Gasteiger partial charge >= 0.3 is 0 Å². The molecule has 19 heavy (non-hydrogen) atoms. The van der Waals surface area contributed by atoms with E-state index in [-0.39, 0.29) is 11.9 Å². The molecule has 3 rings (SSSR count). The van der Waals surface area contributed by atoms with Crippen LogP contribution in [-0.2, 0) is 4.79 Å². The molecule has 1 aliphatic heterocycles. The number of hydrogen-bond acceptors (Lipinski definition) is 3. The summed E-state index contributed by atoms with van der Waals surface area (Å²) in [6.45, 7) is 0.911. The van der Waals surface area contributed by atoms with Crippen LogP contribution in [0, 0.1) is 0 Å². The molecule has 1 atom stereocenters. The van der Waals surface area contributed by atoms with Crippen LogP contribution in [0.5, 0.6) is 0 Å². The maximum atomic E-state index is 12.0. The highest BCUT2D eigenvalue weighted by atomic mass is 79.9. The van der Waals surface area contributed by atoms with E-state index in [1.807, 2.05) is 30.3 Å². The predicted octanol–water partition coefficient (Wildman–Crippen LogP) is 2.69. The van der Waals surface area contributed by atoms with E-state index in [0.29, 0.717) is 5.82 Å². The van der Waals surface area contributed by atoms with Crippen molar-refractivity contribution in [3.8, 4) is 0 Å². The minimum absolute atomic E-state index is 0.00333. The van der Waals surface area contributed by atoms with Crippen molar-refractivity contribution in [1.29, 1.82) is 0 Å². The minimum Gasteiger partial charge on any atom is -0.309 e. The Morgan fingerprint density at radius 3 is 3.05 bits per heavy atom. The number of anilines is 1. The number of carbonyl (C=O) groups is 1. The lowest BCUT2D eigenvalue weighted by atomic mass is 10.2. The molecular formula is C14H14BrN3O. The normalized spacial score (nSPS) is 18.7. The summed E-state index contributed by atoms with van der Waals surface area (Å²) in [6, 6.07) is 9.62. The molecule has 0 radical (unpaired) electrons. The number of fused-ring (bicyclic) bond motifs is 1. The molecular weight excluding hydrogens is 306 g/mol. The van der Waals surface area contributed by atoms with Crippen molar-refractivity contribution >= 4 is 38.6 Å². The van der Waals surface area contributed by atoms with E-state index in [9.17, 15) is 4.79 Å². The maximum Gasteiger partial charge on any atom is 0.242 e. The topological polar surface area (TPSA) is 54.0 Å². The number of halogens is 1. The molecule has 0 saturated carbocycles. The van der Waals surface area contributed by atoms with Crippen molar-refractivity contribution in [2.45, 2.75) is 18.9 Å². The molecule has 0 bridgehead atoms. The Kier molecular flexibility index (Phi) is 3.48. The third-order valence-corrected chi connectivity index (χ3v) is 3.94. The highest BCUT2D eigenvalue weighted by Gasteiger charge is 2.22. The number of aromatic nitrogens is 1. The molecule has 0 spiro atoms. The lowest BCUT2D eigenvalue weighted by molar-refractivity contribution is -0.117. The number of benzene rings is 1. The van der Waals surface area contributed by atoms with Gasteiger partial charge in [-0.3, -0.25) is 4.79 Å². The van der Waals surface area contributed by atoms with Crippen molar-refractivity contribution < 1.29 is 4.79 Å². The fourth-order valence-corrected chi connectivity index (χ4v) is 2.77. The number of hydrogen-bond donors (Lipinski definition) is 2. The molecule has 1 fully saturated rings. The van der Waals surface area contributed by atoms with Gasteiger partial charge in [-0.2, -0.15) is 0 Å². The maximum absolute atomic E-state index is 12.0. The molecule has 1 aromatic heterocycles. The second-order valence-electron chi connectivity index (χ2n) is 4.65. The smallest absolute Gasteiger partial charge is 0.242 e. The first kappa shape index (κ1) is 12.6. The fourth-order valence-electron chi connectivity index (χ4n) is 2.30. The second kappa shape index (κ2) is 5.27. The molecule has 1 unspecified atom stereocenters. The standard InChI is InChI=1S/C14H14BrN3O/c15-10-4-1-3-9-6-7-12(17-13(9)10)18-14(19)11-5-2-8-16-11/h1,3-4,6-7,11,16H,2,5,8H2,(H,17,18,19). The third kappa shape index (κ3) is 2.62. The van der Waals surface area contributed by atoms with Crippen molar-refractivity contribution in [2.75, 3.05) is 11.9 Å². The zero-order chi connectivity index (χ0) is 13.2. The quantitative estimate of drug-likeness (QED) is 0.894. The summed E-state index contributed by atoms with van der Waals surface area (Å²) in [5, 5.41) is 7.09. The number of nitrogens with one attached hydrogen (secondary N) is 2. The van der Waals surface area contributed by atoms with E-state index in [1.54, 1.807) is 0 Å². The molecule has 98 valence electrons. The summed E-state index contributed by atoms with van der Waals surface area (Å²) < 4.78 is 0.931. The Bertz CT molecular complexity index is 623. The fraction of sp³-hybridized carbons (Fsp3) is 0.286. The number of pyridine rings is 1. The molecule has 2 N–H and O–H groups in total. The van der Waals surface area contributed by atoms with E-state index in [0.717, 1.165) is 34.8 Å². The van der Waals surface area contributed by atoms with E-state index in [4.69, 9.17) is 0 Å². The molecule has 1 amide bonds. The molecule has 1 saturated heterocycles. The largest absolute Gasteiger partial charge is 0.309 e. The van der Waals surface area contributed by atoms with Gasteiger partial charge in [0.05, 0.1) is 11.6 Å². The zero-order valence-corrected chi connectivity index (χ0v) is 11.9. The molecule has 2 aromatic rings. The van der Waals surface area contributed by atoms with Gasteiger partial charge < -0.3 is 10.6 Å². The van der Waals surface area contributed by atoms with E-state index in [1.165, 1.54) is 0 Å². The van der Waals surface area contributed by atoms with E-state index >= 15 is 0 Å². The lowest BCUT2D eigenvalue weighted by Crippen LogP contribution is -2.35. The summed E-state index contributed by atoms with van der Waals surface area (Å²) in [5.74, 6) is 0.592. The summed E-state index contributed by atoms with van der Waals surface area (Å²) in [7, 11) is 0. The van der Waals surface area contributed by atoms with E-state index in [2.05, 4.69) is 31.5 Å². The Morgan fingerprint density at radius 1 is 1.37 bits per heavy atom. The van der Waals surface area contributed by atoms with Crippen LogP contribution >= 0.6 is 15.9 Å². The highest BCUT2D eigenvalue weighted by molar-refractivity contribution is 9.10. The van der Waals surface area contributed by atoms with Gasteiger partial charge in [0.1, 0.15) is 5.82 Å². The summed E-state index contributed by atoms with van der Waals surface area (Å²) >= 11 is 3.48. The van der Waals surface area contributed by atoms with Crippen LogP contribution < -0.4 is 10.6 Å². The van der Waals surface area contributed by atoms with Crippen molar-refractivity contribution in [1.82, 2.24) is 10.3 Å². The van der Waals surface area contributed by atoms with Crippen LogP contribution in [0.2, 0.25) is 0 Å². The molecule has 5 heteroatoms. The van der Waals surface area contributed by atoms with Crippen LogP contribution in [0.15, 0.2) is 34.8 Å². The van der Waals surface area contributed by atoms with Gasteiger partial charge in [-0.15, -0.1) is 0 Å². The molecule has 1 aromatic carbocycles. The number of amides is 1. The Morgan fingerprint density at radius 2 is 2.26 bits per heavy atom. The number of nitrogens with zero attached hydrogens (tertiary/aromatic N) is 1. The average molecular weight is 320 g/mol. The van der Waals surface area contributed by atoms with Crippen LogP contribution in [-0.4, -0.2) is 23.5 Å². The van der Waals surface area contributed by atoms with Gasteiger partial charge in [-0.1, -0.05) is 12.1 Å². The van der Waals surface area contributed by atoms with Gasteiger partial charge in [0.2, 0.25) is 5.91 Å². The first-order valence-corrected chi connectivity index (χ1v) is 7.13. The third-order valence-electron chi connectivity index (χ3n) is 3.30. The SMILES string of the molecule is O=C(Nc1ccc2cccc(Br)c2n1)C1CCCN1. The van der Waals surface area contributed by atoms with Crippen molar-refractivity contribution in [2.24, 2.45) is 0 Å². The highest BCUT2D eigenvalue weighted by Crippen LogP contribution is 2.23. The van der Waals surface area contributed by atoms with Gasteiger partial charge in [-0.05, 0) is 53.5 Å². The molecule has 0 aliphatic carbocycles. The Balaban J connectivity index is 1.85. The average Bonchev–Trinajstić information content (AvgIpc) is 2.94. The lowest BCUT2D eigenvalue weighted by Gasteiger charge is -2.11. The first-order chi connectivity index (χ1) is 9.24. The van der Waals surface area contributed by atoms with E-state index < -0.39 is 0 Å². The minimum atomic E-state index is -0.0864. The van der Waals surface area contributed by atoms with Gasteiger partial charge in [0, 0.05) is 9.86 Å². The van der Waals surface area contributed by atoms with Gasteiger partial charge in [0.25, 0.3) is 0 Å². The molecule has 4 nitrogen and oxygen atoms in total. The monoisotopic (exact) mass is 319 g/mol. The molecule has 1 aliphatic rings. The van der Waals surface area contributed by atoms with Gasteiger partial charge in [-0.25, -0.2) is 4.98 Å². The molecule has 2 heterocycles. The number of rotatable bonds is 2. The summed E-state index contributed by atoms with van der Waals surface area (Å²) in [4.78, 5) is 16.5. The first-order valence-electron chi connectivity index (χ1n) is 6.33. The summed E-state index contributed by atoms with van der Waals surface area (Å²) in [5.41, 5.74) is 0.861. The Hall–Kier alpha value is -1.46. The van der Waals surface area contributed by atoms with Crippen LogP contribution in [0.25, 0.3) is 10.9 Å². The van der Waals surface area contributed by atoms with Crippen molar-refractivity contribution in [3.05, 3.63) is 34.8 Å². The predicted molar refractivity (Wildman–Crippen MR) is 79.1 cm³/mol. The summed E-state index contributed by atoms with van der Waals surface area (Å²) in [6.07, 6.45) is 1.94. The number of carbonyl (C=O) groups excluding carboxylic acids is 1. The van der Waals surface area contributed by atoms with Crippen LogP contribution in [0.4, 0.5) is 5.82 Å². The van der Waals surface area contributed by atoms with Gasteiger partial charge in [0.15, 0.2) is 0 Å². The Labute approximate surface area is 119 Å². The zero-order valence-electron chi connectivity index (χ0n) is 10.3. The number of para-hydroxylation sites is 1. The van der Waals surface area contributed by atoms with Crippen LogP contribution in [0.1, 0.15) is 12.8 Å². The van der Waals surface area contributed by atoms with Crippen molar-refractivity contribution in [3.63, 3.8) is 0 Å². The second-order valence-corrected chi connectivity index (χ2v) is 5.50.